The minimum atomic E-state index is -0.0707. The van der Waals surface area contributed by atoms with Gasteiger partial charge < -0.3 is 11.5 Å². The summed E-state index contributed by atoms with van der Waals surface area (Å²) in [5.41, 5.74) is 17.9. The van der Waals surface area contributed by atoms with Gasteiger partial charge in [0.15, 0.2) is 5.78 Å². The third-order valence-electron chi connectivity index (χ3n) is 7.74. The Labute approximate surface area is 198 Å². The number of rotatable bonds is 5. The zero-order valence-electron chi connectivity index (χ0n) is 19.3. The third kappa shape index (κ3) is 3.30. The number of aryl methyl sites for hydroxylation is 1. The van der Waals surface area contributed by atoms with Crippen LogP contribution in [0.4, 0.5) is 5.82 Å². The van der Waals surface area contributed by atoms with E-state index in [-0.39, 0.29) is 23.2 Å². The molecule has 0 amide bonds. The van der Waals surface area contributed by atoms with Gasteiger partial charge in [-0.3, -0.25) is 14.2 Å². The van der Waals surface area contributed by atoms with Crippen LogP contribution in [0.25, 0.3) is 16.8 Å². The van der Waals surface area contributed by atoms with E-state index in [1.165, 1.54) is 0 Å². The molecule has 2 fully saturated rings. The van der Waals surface area contributed by atoms with Gasteiger partial charge in [0.1, 0.15) is 22.9 Å². The first-order valence-corrected chi connectivity index (χ1v) is 11.8. The Kier molecular flexibility index (Phi) is 4.61. The summed E-state index contributed by atoms with van der Waals surface area (Å²) in [6.45, 7) is 2.00. The first-order valence-electron chi connectivity index (χ1n) is 11.8. The second-order valence-electron chi connectivity index (χ2n) is 10.1. The van der Waals surface area contributed by atoms with E-state index in [9.17, 15) is 4.79 Å². The number of nitrogen functional groups attached to an aromatic ring is 1. The lowest BCUT2D eigenvalue weighted by atomic mass is 9.83. The van der Waals surface area contributed by atoms with Crippen molar-refractivity contribution in [3.63, 3.8) is 0 Å². The highest BCUT2D eigenvalue weighted by Gasteiger charge is 2.55. The van der Waals surface area contributed by atoms with E-state index < -0.39 is 0 Å². The van der Waals surface area contributed by atoms with E-state index >= 15 is 0 Å². The maximum absolute atomic E-state index is 12.8. The highest BCUT2D eigenvalue weighted by molar-refractivity contribution is 5.98. The fourth-order valence-corrected chi connectivity index (χ4v) is 5.97. The molecule has 4 N–H and O–H groups in total. The van der Waals surface area contributed by atoms with Crippen LogP contribution in [-0.2, 0) is 11.8 Å². The predicted molar refractivity (Wildman–Crippen MR) is 132 cm³/mol. The average molecular weight is 453 g/mol. The van der Waals surface area contributed by atoms with Crippen molar-refractivity contribution < 1.29 is 4.79 Å². The molecule has 1 aromatic carbocycles. The van der Waals surface area contributed by atoms with Gasteiger partial charge in [-0.15, -0.1) is 0 Å². The molecule has 172 valence electrons. The van der Waals surface area contributed by atoms with Crippen LogP contribution in [0.15, 0.2) is 55.0 Å². The molecule has 34 heavy (non-hydrogen) atoms. The summed E-state index contributed by atoms with van der Waals surface area (Å²) in [5, 5.41) is 0. The van der Waals surface area contributed by atoms with Crippen LogP contribution >= 0.6 is 0 Å². The van der Waals surface area contributed by atoms with Crippen LogP contribution in [0.5, 0.6) is 0 Å². The fraction of sp³-hybridized carbons (Fsp3) is 0.333. The topological polar surface area (TPSA) is 112 Å². The number of anilines is 1. The largest absolute Gasteiger partial charge is 0.382 e. The van der Waals surface area contributed by atoms with Gasteiger partial charge in [0.25, 0.3) is 0 Å². The Bertz CT molecular complexity index is 1410. The Morgan fingerprint density at radius 1 is 1.06 bits per heavy atom. The van der Waals surface area contributed by atoms with Gasteiger partial charge in [-0.1, -0.05) is 24.3 Å². The van der Waals surface area contributed by atoms with Crippen LogP contribution < -0.4 is 11.5 Å². The number of carbonyl (C=O) groups is 1. The standard InChI is InChI=1S/C27H28N6O/c1-17-6-11-30-20(14-17)15-21(34)18-2-4-19(5-3-18)22-23-24(28)31-12-13-33(23)25(32-22)26-7-9-27(29,16-26)10-8-26/h2-6,11-14H,7-10,15-16,29H2,1H3,(H2,28,31). The normalized spacial score (nSPS) is 23.6. The Morgan fingerprint density at radius 3 is 2.50 bits per heavy atom. The van der Waals surface area contributed by atoms with Crippen molar-refractivity contribution in [2.75, 3.05) is 5.73 Å². The van der Waals surface area contributed by atoms with E-state index in [2.05, 4.69) is 14.4 Å². The maximum atomic E-state index is 12.8. The number of pyridine rings is 1. The second-order valence-corrected chi connectivity index (χ2v) is 10.1. The molecule has 2 aliphatic rings. The summed E-state index contributed by atoms with van der Waals surface area (Å²) in [6.07, 6.45) is 10.8. The van der Waals surface area contributed by atoms with Gasteiger partial charge in [0, 0.05) is 46.4 Å². The maximum Gasteiger partial charge on any atom is 0.168 e. The molecule has 2 bridgehead atoms. The number of aromatic nitrogens is 4. The van der Waals surface area contributed by atoms with Crippen molar-refractivity contribution >= 4 is 17.1 Å². The summed E-state index contributed by atoms with van der Waals surface area (Å²) in [5.74, 6) is 1.52. The molecule has 7 heteroatoms. The van der Waals surface area contributed by atoms with Crippen molar-refractivity contribution in [2.24, 2.45) is 5.73 Å². The number of benzene rings is 1. The molecule has 0 spiro atoms. The number of ketones is 1. The number of Topliss-reactive ketones (excluding diaryl/α,β-unsaturated/α-hetero) is 1. The van der Waals surface area contributed by atoms with Gasteiger partial charge in [0.05, 0.1) is 6.42 Å². The van der Waals surface area contributed by atoms with Crippen molar-refractivity contribution in [1.29, 1.82) is 0 Å². The van der Waals surface area contributed by atoms with E-state index in [0.717, 1.165) is 66.0 Å². The summed E-state index contributed by atoms with van der Waals surface area (Å²) < 4.78 is 2.11. The van der Waals surface area contributed by atoms with Gasteiger partial charge in [0.2, 0.25) is 0 Å². The lowest BCUT2D eigenvalue weighted by Crippen LogP contribution is -2.33. The number of hydrogen-bond donors (Lipinski definition) is 2. The third-order valence-corrected chi connectivity index (χ3v) is 7.74. The Morgan fingerprint density at radius 2 is 1.82 bits per heavy atom. The molecule has 0 aliphatic heterocycles. The molecular weight excluding hydrogens is 424 g/mol. The van der Waals surface area contributed by atoms with E-state index in [4.69, 9.17) is 16.5 Å². The van der Waals surface area contributed by atoms with Crippen molar-refractivity contribution in [2.45, 2.75) is 56.4 Å². The summed E-state index contributed by atoms with van der Waals surface area (Å²) in [4.78, 5) is 26.6. The number of nitrogens with zero attached hydrogens (tertiary/aromatic N) is 4. The molecule has 0 unspecified atom stereocenters. The smallest absolute Gasteiger partial charge is 0.168 e. The summed E-state index contributed by atoms with van der Waals surface area (Å²) in [7, 11) is 0. The van der Waals surface area contributed by atoms with Gasteiger partial charge in [-0.25, -0.2) is 9.97 Å². The van der Waals surface area contributed by atoms with Crippen LogP contribution in [0.3, 0.4) is 0 Å². The summed E-state index contributed by atoms with van der Waals surface area (Å²) in [6, 6.07) is 11.5. The van der Waals surface area contributed by atoms with Crippen LogP contribution in [0, 0.1) is 6.92 Å². The number of fused-ring (bicyclic) bond motifs is 3. The minimum absolute atomic E-state index is 0.0135. The molecule has 4 aromatic rings. The zero-order chi connectivity index (χ0) is 23.5. The van der Waals surface area contributed by atoms with Crippen molar-refractivity contribution in [3.05, 3.63) is 77.6 Å². The predicted octanol–water partition coefficient (Wildman–Crippen LogP) is 4.02. The fourth-order valence-electron chi connectivity index (χ4n) is 5.97. The SMILES string of the molecule is Cc1ccnc(CC(=O)c2ccc(-c3nc(C45CCC(N)(CC4)C5)n4ccnc(N)c34)cc2)c1. The van der Waals surface area contributed by atoms with E-state index in [1.807, 2.05) is 49.5 Å². The van der Waals surface area contributed by atoms with E-state index in [0.29, 0.717) is 11.4 Å². The first kappa shape index (κ1) is 21.0. The van der Waals surface area contributed by atoms with Crippen molar-refractivity contribution in [1.82, 2.24) is 19.4 Å². The Balaban J connectivity index is 1.36. The van der Waals surface area contributed by atoms with Gasteiger partial charge in [-0.2, -0.15) is 0 Å². The van der Waals surface area contributed by atoms with Gasteiger partial charge >= 0.3 is 0 Å². The van der Waals surface area contributed by atoms with Crippen LogP contribution in [-0.4, -0.2) is 30.7 Å². The van der Waals surface area contributed by atoms with Crippen molar-refractivity contribution in [3.8, 4) is 11.3 Å². The number of nitrogens with two attached hydrogens (primary N) is 2. The number of imidazole rings is 1. The zero-order valence-corrected chi connectivity index (χ0v) is 19.3. The molecule has 0 saturated heterocycles. The number of hydrogen-bond acceptors (Lipinski definition) is 6. The molecule has 6 rings (SSSR count). The average Bonchev–Trinajstić information content (AvgIpc) is 3.49. The molecule has 3 aromatic heterocycles. The monoisotopic (exact) mass is 452 g/mol. The minimum Gasteiger partial charge on any atom is -0.382 e. The molecule has 2 aliphatic carbocycles. The first-order chi connectivity index (χ1) is 16.4. The molecule has 0 atom stereocenters. The quantitative estimate of drug-likeness (QED) is 0.442. The summed E-state index contributed by atoms with van der Waals surface area (Å²) >= 11 is 0. The molecular formula is C27H28N6O. The molecule has 7 nitrogen and oxygen atoms in total. The highest BCUT2D eigenvalue weighted by Crippen LogP contribution is 2.56. The Hall–Kier alpha value is -3.58. The second kappa shape index (κ2) is 7.46. The number of carbonyl (C=O) groups excluding carboxylic acids is 1. The molecule has 3 heterocycles. The molecule has 0 radical (unpaired) electrons. The van der Waals surface area contributed by atoms with Crippen LogP contribution in [0.2, 0.25) is 0 Å². The lowest BCUT2D eigenvalue weighted by Gasteiger charge is -2.25. The van der Waals surface area contributed by atoms with Gasteiger partial charge in [-0.05, 0) is 56.7 Å². The van der Waals surface area contributed by atoms with Crippen LogP contribution in [0.1, 0.15) is 59.5 Å². The lowest BCUT2D eigenvalue weighted by molar-refractivity contribution is 0.0992. The molecule has 2 saturated carbocycles. The highest BCUT2D eigenvalue weighted by atomic mass is 16.1. The van der Waals surface area contributed by atoms with E-state index in [1.54, 1.807) is 12.4 Å².